The highest BCUT2D eigenvalue weighted by atomic mass is 32.2. The minimum Gasteiger partial charge on any atom is -0.497 e. The van der Waals surface area contributed by atoms with Gasteiger partial charge in [0.25, 0.3) is 5.91 Å². The molecule has 0 unspecified atom stereocenters. The van der Waals surface area contributed by atoms with Gasteiger partial charge in [-0.25, -0.2) is 4.98 Å². The lowest BCUT2D eigenvalue weighted by Crippen LogP contribution is -2.57. The Balaban J connectivity index is 1.74. The zero-order valence-electron chi connectivity index (χ0n) is 14.3. The Kier molecular flexibility index (Phi) is 5.29. The second kappa shape index (κ2) is 7.45. The minimum atomic E-state index is -0.188. The van der Waals surface area contributed by atoms with Crippen LogP contribution in [0.1, 0.15) is 17.4 Å². The summed E-state index contributed by atoms with van der Waals surface area (Å²) in [6.45, 7) is 2.46. The molecule has 2 aromatic rings. The molecule has 1 fully saturated rings. The van der Waals surface area contributed by atoms with Crippen LogP contribution in [0.25, 0.3) is 0 Å². The number of nitrogens with zero attached hydrogens (tertiary/aromatic N) is 3. The number of rotatable bonds is 4. The van der Waals surface area contributed by atoms with Crippen molar-refractivity contribution in [2.24, 2.45) is 0 Å². The molecule has 1 aliphatic rings. The highest BCUT2D eigenvalue weighted by Gasteiger charge is 2.34. The van der Waals surface area contributed by atoms with Gasteiger partial charge >= 0.3 is 0 Å². The van der Waals surface area contributed by atoms with Gasteiger partial charge in [-0.1, -0.05) is 11.8 Å². The van der Waals surface area contributed by atoms with Crippen LogP contribution >= 0.6 is 23.1 Å². The van der Waals surface area contributed by atoms with Crippen molar-refractivity contribution >= 4 is 40.6 Å². The normalized spacial score (nSPS) is 17.7. The van der Waals surface area contributed by atoms with E-state index in [4.69, 9.17) is 4.74 Å². The molecule has 3 rings (SSSR count). The summed E-state index contributed by atoms with van der Waals surface area (Å²) in [5.41, 5.74) is 1.22. The Hall–Kier alpha value is -2.06. The number of ether oxygens (including phenoxy) is 1. The van der Waals surface area contributed by atoms with E-state index in [1.807, 2.05) is 37.4 Å². The first-order chi connectivity index (χ1) is 12.0. The van der Waals surface area contributed by atoms with Crippen molar-refractivity contribution in [2.75, 3.05) is 31.4 Å². The second-order valence-corrected chi connectivity index (χ2v) is 7.60. The van der Waals surface area contributed by atoms with Gasteiger partial charge in [0, 0.05) is 23.7 Å². The number of hydrogen-bond donors (Lipinski definition) is 0. The van der Waals surface area contributed by atoms with Gasteiger partial charge in [-0.2, -0.15) is 0 Å². The maximum atomic E-state index is 12.7. The van der Waals surface area contributed by atoms with Crippen LogP contribution in [0.15, 0.2) is 34.0 Å². The van der Waals surface area contributed by atoms with Gasteiger partial charge in [-0.05, 0) is 37.4 Å². The van der Waals surface area contributed by atoms with E-state index in [0.29, 0.717) is 12.2 Å². The fraction of sp³-hybridized carbons (Fsp3) is 0.353. The topological polar surface area (TPSA) is 62.7 Å². The lowest BCUT2D eigenvalue weighted by molar-refractivity contribution is -0.121. The number of amides is 2. The van der Waals surface area contributed by atoms with Gasteiger partial charge in [0.1, 0.15) is 22.3 Å². The molecule has 0 radical (unpaired) electrons. The van der Waals surface area contributed by atoms with Crippen molar-refractivity contribution in [1.29, 1.82) is 0 Å². The molecule has 1 atom stereocenters. The van der Waals surface area contributed by atoms with E-state index in [1.165, 1.54) is 23.1 Å². The molecule has 2 heterocycles. The number of carbonyl (C=O) groups excluding carboxylic acids is 2. The van der Waals surface area contributed by atoms with Gasteiger partial charge in [-0.3, -0.25) is 9.59 Å². The third-order valence-corrected chi connectivity index (χ3v) is 5.97. The molecule has 132 valence electrons. The highest BCUT2D eigenvalue weighted by molar-refractivity contribution is 8.00. The predicted molar refractivity (Wildman–Crippen MR) is 99.7 cm³/mol. The van der Waals surface area contributed by atoms with E-state index < -0.39 is 0 Å². The van der Waals surface area contributed by atoms with Gasteiger partial charge in [0.15, 0.2) is 0 Å². The quantitative estimate of drug-likeness (QED) is 0.767. The summed E-state index contributed by atoms with van der Waals surface area (Å²) < 4.78 is 6.00. The van der Waals surface area contributed by atoms with Crippen LogP contribution < -0.4 is 9.64 Å². The maximum absolute atomic E-state index is 12.7. The maximum Gasteiger partial charge on any atom is 0.274 e. The molecule has 6 nitrogen and oxygen atoms in total. The third-order valence-electron chi connectivity index (χ3n) is 4.11. The number of thiazole rings is 1. The zero-order valence-corrected chi connectivity index (χ0v) is 15.9. The van der Waals surface area contributed by atoms with Crippen molar-refractivity contribution < 1.29 is 14.3 Å². The molecule has 1 aliphatic heterocycles. The number of methoxy groups -OCH3 is 1. The Morgan fingerprint density at radius 3 is 2.68 bits per heavy atom. The largest absolute Gasteiger partial charge is 0.497 e. The van der Waals surface area contributed by atoms with Crippen LogP contribution in [0.5, 0.6) is 5.75 Å². The fourth-order valence-corrected chi connectivity index (χ4v) is 3.97. The molecule has 1 saturated heterocycles. The van der Waals surface area contributed by atoms with Gasteiger partial charge in [0.05, 0.1) is 7.11 Å². The summed E-state index contributed by atoms with van der Waals surface area (Å²) in [5, 5.41) is 1.75. The number of aromatic nitrogens is 1. The molecule has 1 aromatic carbocycles. The summed E-state index contributed by atoms with van der Waals surface area (Å²) in [7, 11) is 1.60. The summed E-state index contributed by atoms with van der Waals surface area (Å²) in [6, 6.07) is 7.26. The van der Waals surface area contributed by atoms with Crippen molar-refractivity contribution in [2.45, 2.75) is 17.3 Å². The van der Waals surface area contributed by atoms with E-state index in [0.717, 1.165) is 15.8 Å². The second-order valence-electron chi connectivity index (χ2n) is 5.69. The van der Waals surface area contributed by atoms with Gasteiger partial charge in [0.2, 0.25) is 5.91 Å². The smallest absolute Gasteiger partial charge is 0.274 e. The van der Waals surface area contributed by atoms with Gasteiger partial charge < -0.3 is 14.5 Å². The molecular weight excluding hydrogens is 358 g/mol. The highest BCUT2D eigenvalue weighted by Crippen LogP contribution is 2.25. The molecule has 2 amide bonds. The Morgan fingerprint density at radius 1 is 1.36 bits per heavy atom. The lowest BCUT2D eigenvalue weighted by atomic mass is 10.1. The van der Waals surface area contributed by atoms with Gasteiger partial charge in [-0.15, -0.1) is 11.3 Å². The van der Waals surface area contributed by atoms with E-state index in [9.17, 15) is 9.59 Å². The van der Waals surface area contributed by atoms with Crippen LogP contribution in [0, 0.1) is 0 Å². The lowest BCUT2D eigenvalue weighted by Gasteiger charge is -2.39. The number of thioether (sulfide) groups is 1. The Bertz CT molecular complexity index is 776. The Labute approximate surface area is 154 Å². The fourth-order valence-electron chi connectivity index (χ4n) is 2.73. The van der Waals surface area contributed by atoms with Crippen LogP contribution in [-0.2, 0) is 4.79 Å². The number of hydrogen-bond acceptors (Lipinski definition) is 6. The van der Waals surface area contributed by atoms with E-state index >= 15 is 0 Å². The average molecular weight is 377 g/mol. The molecule has 0 aliphatic carbocycles. The third kappa shape index (κ3) is 3.64. The first kappa shape index (κ1) is 17.8. The standard InChI is InChI=1S/C17H19N3O3S2/c1-11-8-20(12-4-6-13(23-2)7-5-12)15(21)9-19(11)16(22)14-10-25-17(18-14)24-3/h4-7,10-11H,8-9H2,1-3H3/t11-/m1/s1. The number of piperazine rings is 1. The summed E-state index contributed by atoms with van der Waals surface area (Å²) in [6.07, 6.45) is 1.92. The molecular formula is C17H19N3O3S2. The number of anilines is 1. The van der Waals surface area contributed by atoms with Crippen LogP contribution in [0.4, 0.5) is 5.69 Å². The van der Waals surface area contributed by atoms with E-state index in [2.05, 4.69) is 4.98 Å². The van der Waals surface area contributed by atoms with Crippen LogP contribution in [0.2, 0.25) is 0 Å². The molecule has 0 N–H and O–H groups in total. The van der Waals surface area contributed by atoms with Crippen LogP contribution in [-0.4, -0.2) is 54.2 Å². The van der Waals surface area contributed by atoms with Crippen molar-refractivity contribution in [3.63, 3.8) is 0 Å². The summed E-state index contributed by atoms with van der Waals surface area (Å²) >= 11 is 2.95. The summed E-state index contributed by atoms with van der Waals surface area (Å²) in [5.74, 6) is 0.454. The SMILES string of the molecule is COc1ccc(N2C[C@@H](C)N(C(=O)c3csc(SC)n3)CC2=O)cc1. The van der Waals surface area contributed by atoms with Crippen LogP contribution in [0.3, 0.4) is 0 Å². The monoisotopic (exact) mass is 377 g/mol. The predicted octanol–water partition coefficient (Wildman–Crippen LogP) is 2.75. The van der Waals surface area contributed by atoms with Crippen molar-refractivity contribution in [1.82, 2.24) is 9.88 Å². The summed E-state index contributed by atoms with van der Waals surface area (Å²) in [4.78, 5) is 32.9. The first-order valence-electron chi connectivity index (χ1n) is 7.78. The molecule has 0 bridgehead atoms. The average Bonchev–Trinajstić information content (AvgIpc) is 3.12. The Morgan fingerprint density at radius 2 is 2.08 bits per heavy atom. The number of carbonyl (C=O) groups is 2. The molecule has 25 heavy (non-hydrogen) atoms. The minimum absolute atomic E-state index is 0.0537. The van der Waals surface area contributed by atoms with E-state index in [1.54, 1.807) is 22.3 Å². The first-order valence-corrected chi connectivity index (χ1v) is 9.89. The van der Waals surface area contributed by atoms with Crippen molar-refractivity contribution in [3.05, 3.63) is 35.3 Å². The molecule has 8 heteroatoms. The molecule has 1 aromatic heterocycles. The van der Waals surface area contributed by atoms with E-state index in [-0.39, 0.29) is 24.4 Å². The molecule has 0 spiro atoms. The van der Waals surface area contributed by atoms with Crippen molar-refractivity contribution in [3.8, 4) is 5.75 Å². The zero-order chi connectivity index (χ0) is 18.0. The molecule has 0 saturated carbocycles. The number of benzene rings is 1.